The van der Waals surface area contributed by atoms with Crippen molar-refractivity contribution in [2.45, 2.75) is 28.3 Å². The number of benzene rings is 4. The number of aliphatic hydroxyl groups is 1. The molecule has 0 bridgehead atoms. The molecule has 0 aliphatic heterocycles. The van der Waals surface area contributed by atoms with Gasteiger partial charge in [-0.3, -0.25) is 4.79 Å². The van der Waals surface area contributed by atoms with Gasteiger partial charge in [-0.15, -0.1) is 11.8 Å². The number of hydrogen-bond donors (Lipinski definition) is 2. The Kier molecular flexibility index (Phi) is 8.37. The van der Waals surface area contributed by atoms with Crippen LogP contribution in [0.4, 0.5) is 0 Å². The van der Waals surface area contributed by atoms with Crippen molar-refractivity contribution in [2.24, 2.45) is 0 Å². The SMILES string of the molecule is O=C(O)C(C[C@H](O)COC(c1ccccc1)(c1ccccc1)c1ccccc1)Sc1ccccc1. The van der Waals surface area contributed by atoms with Crippen LogP contribution < -0.4 is 0 Å². The van der Waals surface area contributed by atoms with E-state index in [0.717, 1.165) is 21.6 Å². The van der Waals surface area contributed by atoms with E-state index in [-0.39, 0.29) is 13.0 Å². The van der Waals surface area contributed by atoms with Gasteiger partial charge in [0.15, 0.2) is 0 Å². The minimum absolute atomic E-state index is 0.0299. The van der Waals surface area contributed by atoms with Gasteiger partial charge in [-0.25, -0.2) is 0 Å². The zero-order valence-corrected chi connectivity index (χ0v) is 20.1. The van der Waals surface area contributed by atoms with E-state index >= 15 is 0 Å². The van der Waals surface area contributed by atoms with Gasteiger partial charge in [0, 0.05) is 4.90 Å². The smallest absolute Gasteiger partial charge is 0.317 e. The Morgan fingerprint density at radius 2 is 1.11 bits per heavy atom. The molecular weight excluding hydrogens is 456 g/mol. The molecule has 4 nitrogen and oxygen atoms in total. The Hall–Kier alpha value is -3.38. The molecule has 0 aromatic heterocycles. The van der Waals surface area contributed by atoms with Crippen LogP contribution in [0, 0.1) is 0 Å². The highest BCUT2D eigenvalue weighted by Gasteiger charge is 2.38. The summed E-state index contributed by atoms with van der Waals surface area (Å²) in [7, 11) is 0. The summed E-state index contributed by atoms with van der Waals surface area (Å²) in [5.74, 6) is -0.960. The van der Waals surface area contributed by atoms with E-state index in [1.165, 1.54) is 11.8 Å². The van der Waals surface area contributed by atoms with Crippen molar-refractivity contribution in [3.63, 3.8) is 0 Å². The molecule has 2 N–H and O–H groups in total. The third-order valence-electron chi connectivity index (χ3n) is 5.82. The van der Waals surface area contributed by atoms with Crippen molar-refractivity contribution in [3.8, 4) is 0 Å². The molecule has 0 amide bonds. The number of carboxylic acids is 1. The lowest BCUT2D eigenvalue weighted by Gasteiger charge is -2.36. The molecule has 5 heteroatoms. The average Bonchev–Trinajstić information content (AvgIpc) is 2.91. The van der Waals surface area contributed by atoms with E-state index in [1.807, 2.05) is 121 Å². The van der Waals surface area contributed by atoms with Gasteiger partial charge in [0.2, 0.25) is 0 Å². The zero-order valence-electron chi connectivity index (χ0n) is 19.2. The van der Waals surface area contributed by atoms with Crippen LogP contribution in [-0.4, -0.2) is 34.1 Å². The quantitative estimate of drug-likeness (QED) is 0.202. The van der Waals surface area contributed by atoms with Crippen LogP contribution in [0.1, 0.15) is 23.1 Å². The molecule has 0 aliphatic rings. The van der Waals surface area contributed by atoms with Gasteiger partial charge in [-0.1, -0.05) is 109 Å². The first-order valence-electron chi connectivity index (χ1n) is 11.5. The van der Waals surface area contributed by atoms with Gasteiger partial charge >= 0.3 is 5.97 Å². The molecule has 0 saturated carbocycles. The normalized spacial score (nSPS) is 13.2. The molecule has 178 valence electrons. The van der Waals surface area contributed by atoms with Crippen molar-refractivity contribution in [3.05, 3.63) is 138 Å². The first-order chi connectivity index (χ1) is 17.1. The second kappa shape index (κ2) is 11.8. The van der Waals surface area contributed by atoms with Crippen LogP contribution in [0.3, 0.4) is 0 Å². The van der Waals surface area contributed by atoms with Gasteiger partial charge in [-0.05, 0) is 35.2 Å². The highest BCUT2D eigenvalue weighted by atomic mass is 32.2. The van der Waals surface area contributed by atoms with Crippen molar-refractivity contribution in [1.29, 1.82) is 0 Å². The molecule has 4 rings (SSSR count). The molecule has 0 aliphatic carbocycles. The Morgan fingerprint density at radius 1 is 0.714 bits per heavy atom. The largest absolute Gasteiger partial charge is 0.480 e. The number of ether oxygens (including phenoxy) is 1. The maximum absolute atomic E-state index is 11.9. The number of carbonyl (C=O) groups is 1. The van der Waals surface area contributed by atoms with E-state index in [1.54, 1.807) is 0 Å². The van der Waals surface area contributed by atoms with Crippen LogP contribution in [0.2, 0.25) is 0 Å². The number of aliphatic hydroxyl groups excluding tert-OH is 1. The van der Waals surface area contributed by atoms with Crippen molar-refractivity contribution >= 4 is 17.7 Å². The molecule has 0 saturated heterocycles. The van der Waals surface area contributed by atoms with E-state index in [4.69, 9.17) is 4.74 Å². The fraction of sp³-hybridized carbons (Fsp3) is 0.167. The number of thioether (sulfide) groups is 1. The summed E-state index contributed by atoms with van der Waals surface area (Å²) in [5, 5.41) is 19.9. The van der Waals surface area contributed by atoms with Crippen LogP contribution in [0.25, 0.3) is 0 Å². The van der Waals surface area contributed by atoms with Crippen molar-refractivity contribution in [2.75, 3.05) is 6.61 Å². The molecule has 0 radical (unpaired) electrons. The third-order valence-corrected chi connectivity index (χ3v) is 7.04. The topological polar surface area (TPSA) is 66.8 Å². The summed E-state index contributed by atoms with van der Waals surface area (Å²) < 4.78 is 6.63. The van der Waals surface area contributed by atoms with Crippen molar-refractivity contribution in [1.82, 2.24) is 0 Å². The number of rotatable bonds is 11. The lowest BCUT2D eigenvalue weighted by atomic mass is 9.80. The second-order valence-corrected chi connectivity index (χ2v) is 9.51. The van der Waals surface area contributed by atoms with Gasteiger partial charge in [0.05, 0.1) is 12.7 Å². The third kappa shape index (κ3) is 6.01. The second-order valence-electron chi connectivity index (χ2n) is 8.24. The van der Waals surface area contributed by atoms with Crippen LogP contribution in [0.15, 0.2) is 126 Å². The standard InChI is InChI=1S/C30H28O4S/c31-26(21-28(29(32)33)35-27-19-11-4-12-20-27)22-34-30(23-13-5-1-6-14-23,24-15-7-2-8-16-24)25-17-9-3-10-18-25/h1-20,26,28,31H,21-22H2,(H,32,33)/t26-,28?/m0/s1. The lowest BCUT2D eigenvalue weighted by Crippen LogP contribution is -2.36. The average molecular weight is 485 g/mol. The van der Waals surface area contributed by atoms with Gasteiger partial charge < -0.3 is 14.9 Å². The fourth-order valence-electron chi connectivity index (χ4n) is 4.17. The molecule has 4 aromatic carbocycles. The molecule has 35 heavy (non-hydrogen) atoms. The Labute approximate surface area is 210 Å². The minimum atomic E-state index is -0.970. The Bertz CT molecular complexity index is 1090. The van der Waals surface area contributed by atoms with Gasteiger partial charge in [-0.2, -0.15) is 0 Å². The summed E-state index contributed by atoms with van der Waals surface area (Å²) in [5.41, 5.74) is 1.82. The maximum atomic E-state index is 11.9. The summed E-state index contributed by atoms with van der Waals surface area (Å²) in [6, 6.07) is 39.1. The Balaban J connectivity index is 1.63. The highest BCUT2D eigenvalue weighted by Crippen LogP contribution is 2.40. The van der Waals surface area contributed by atoms with Crippen molar-refractivity contribution < 1.29 is 19.7 Å². The minimum Gasteiger partial charge on any atom is -0.480 e. The molecule has 4 aromatic rings. The van der Waals surface area contributed by atoms with E-state index in [9.17, 15) is 15.0 Å². The summed E-state index contributed by atoms with van der Waals surface area (Å²) in [6.45, 7) is -0.0299. The Morgan fingerprint density at radius 3 is 1.51 bits per heavy atom. The predicted molar refractivity (Wildman–Crippen MR) is 140 cm³/mol. The van der Waals surface area contributed by atoms with E-state index in [0.29, 0.717) is 0 Å². The van der Waals surface area contributed by atoms with E-state index in [2.05, 4.69) is 0 Å². The van der Waals surface area contributed by atoms with Gasteiger partial charge in [0.25, 0.3) is 0 Å². The molecule has 0 spiro atoms. The molecule has 1 unspecified atom stereocenters. The fourth-order valence-corrected chi connectivity index (χ4v) is 5.23. The number of carboxylic acid groups (broad SMARTS) is 1. The lowest BCUT2D eigenvalue weighted by molar-refractivity contribution is -0.137. The van der Waals surface area contributed by atoms with Crippen LogP contribution in [-0.2, 0) is 15.1 Å². The predicted octanol–water partition coefficient (Wildman–Crippen LogP) is 5.99. The number of hydrogen-bond acceptors (Lipinski definition) is 4. The van der Waals surface area contributed by atoms with Gasteiger partial charge in [0.1, 0.15) is 10.9 Å². The summed E-state index contributed by atoms with van der Waals surface area (Å²) in [6.07, 6.45) is -0.911. The van der Waals surface area contributed by atoms with Crippen LogP contribution in [0.5, 0.6) is 0 Å². The molecule has 0 fully saturated rings. The first kappa shape index (κ1) is 24.7. The van der Waals surface area contributed by atoms with E-state index < -0.39 is 22.9 Å². The zero-order chi connectivity index (χ0) is 24.5. The molecule has 2 atom stereocenters. The first-order valence-corrected chi connectivity index (χ1v) is 12.4. The number of aliphatic carboxylic acids is 1. The monoisotopic (exact) mass is 484 g/mol. The van der Waals surface area contributed by atoms with Crippen LogP contribution >= 0.6 is 11.8 Å². The maximum Gasteiger partial charge on any atom is 0.317 e. The summed E-state index contributed by atoms with van der Waals surface area (Å²) >= 11 is 1.23. The molecular formula is C30H28O4S. The highest BCUT2D eigenvalue weighted by molar-refractivity contribution is 8.00. The summed E-state index contributed by atoms with van der Waals surface area (Å²) in [4.78, 5) is 12.8. The molecule has 0 heterocycles.